The summed E-state index contributed by atoms with van der Waals surface area (Å²) in [5.41, 5.74) is 7.15. The Labute approximate surface area is 143 Å². The number of anilines is 1. The van der Waals surface area contributed by atoms with E-state index in [-0.39, 0.29) is 5.97 Å². The lowest BCUT2D eigenvalue weighted by atomic mass is 10.1. The van der Waals surface area contributed by atoms with Crippen LogP contribution < -0.4 is 5.73 Å². The minimum atomic E-state index is -0.234. The van der Waals surface area contributed by atoms with E-state index in [1.807, 2.05) is 6.07 Å². The summed E-state index contributed by atoms with van der Waals surface area (Å²) in [5.74, 6) is 0.737. The zero-order valence-electron chi connectivity index (χ0n) is 14.1. The molecule has 0 saturated carbocycles. The number of hydrogen-bond donors (Lipinski definition) is 1. The molecule has 0 unspecified atom stereocenters. The largest absolute Gasteiger partial charge is 0.462 e. The van der Waals surface area contributed by atoms with E-state index in [4.69, 9.17) is 10.5 Å². The van der Waals surface area contributed by atoms with Gasteiger partial charge in [0.2, 0.25) is 0 Å². The van der Waals surface area contributed by atoms with Crippen LogP contribution in [0.3, 0.4) is 0 Å². The van der Waals surface area contributed by atoms with Gasteiger partial charge in [0.25, 0.3) is 0 Å². The Hall–Kier alpha value is -1.20. The molecule has 1 heterocycles. The first-order valence-electron chi connectivity index (χ1n) is 8.62. The summed E-state index contributed by atoms with van der Waals surface area (Å²) in [7, 11) is 0. The number of nitrogen functional groups attached to an aromatic ring is 1. The van der Waals surface area contributed by atoms with Gasteiger partial charge in [-0.1, -0.05) is 13.3 Å². The molecule has 2 rings (SSSR count). The zero-order valence-corrected chi connectivity index (χ0v) is 14.9. The highest BCUT2D eigenvalue weighted by Gasteiger charge is 2.14. The lowest BCUT2D eigenvalue weighted by Crippen LogP contribution is -2.31. The van der Waals surface area contributed by atoms with Crippen LogP contribution in [0.1, 0.15) is 49.4 Å². The lowest BCUT2D eigenvalue weighted by molar-refractivity contribution is 0.0481. The predicted molar refractivity (Wildman–Crippen MR) is 97.1 cm³/mol. The molecule has 0 aromatic heterocycles. The van der Waals surface area contributed by atoms with E-state index in [1.54, 1.807) is 23.9 Å². The molecule has 0 amide bonds. The van der Waals surface area contributed by atoms with E-state index < -0.39 is 0 Å². The number of esters is 1. The third kappa shape index (κ3) is 6.07. The molecule has 0 bridgehead atoms. The highest BCUT2D eigenvalue weighted by molar-refractivity contribution is 7.99. The van der Waals surface area contributed by atoms with E-state index in [1.165, 1.54) is 32.4 Å². The van der Waals surface area contributed by atoms with Gasteiger partial charge >= 0.3 is 5.97 Å². The van der Waals surface area contributed by atoms with Crippen molar-refractivity contribution >= 4 is 23.4 Å². The van der Waals surface area contributed by atoms with Gasteiger partial charge in [0, 0.05) is 17.1 Å². The summed E-state index contributed by atoms with van der Waals surface area (Å²) < 4.78 is 5.46. The molecule has 0 spiro atoms. The van der Waals surface area contributed by atoms with Crippen LogP contribution in [-0.2, 0) is 4.74 Å². The molecular formula is C18H28N2O2S. The van der Waals surface area contributed by atoms with Crippen molar-refractivity contribution in [2.45, 2.75) is 43.9 Å². The summed E-state index contributed by atoms with van der Waals surface area (Å²) in [4.78, 5) is 15.7. The van der Waals surface area contributed by atoms with Gasteiger partial charge in [0.05, 0.1) is 12.2 Å². The first-order valence-corrected chi connectivity index (χ1v) is 9.61. The minimum Gasteiger partial charge on any atom is -0.462 e. The maximum absolute atomic E-state index is 12.3. The number of hydrogen-bond acceptors (Lipinski definition) is 5. The van der Waals surface area contributed by atoms with Crippen molar-refractivity contribution < 1.29 is 9.53 Å². The summed E-state index contributed by atoms with van der Waals surface area (Å²) in [6.45, 7) is 6.00. The summed E-state index contributed by atoms with van der Waals surface area (Å²) in [6, 6.07) is 5.41. The molecule has 0 radical (unpaired) electrons. The van der Waals surface area contributed by atoms with Crippen LogP contribution in [-0.4, -0.2) is 42.9 Å². The van der Waals surface area contributed by atoms with E-state index in [0.29, 0.717) is 17.9 Å². The molecular weight excluding hydrogens is 308 g/mol. The molecule has 1 aromatic rings. The SMILES string of the molecule is CCCSc1cc(N)ccc1C(=O)OCCCN1CCCCC1. The summed E-state index contributed by atoms with van der Waals surface area (Å²) in [5, 5.41) is 0. The highest BCUT2D eigenvalue weighted by Crippen LogP contribution is 2.26. The average Bonchev–Trinajstić information content (AvgIpc) is 2.57. The highest BCUT2D eigenvalue weighted by atomic mass is 32.2. The summed E-state index contributed by atoms with van der Waals surface area (Å²) in [6.07, 6.45) is 5.90. The smallest absolute Gasteiger partial charge is 0.339 e. The Morgan fingerprint density at radius 3 is 2.83 bits per heavy atom. The molecule has 128 valence electrons. The number of carbonyl (C=O) groups excluding carboxylic acids is 1. The molecule has 1 saturated heterocycles. The van der Waals surface area contributed by atoms with Gasteiger partial charge in [-0.2, -0.15) is 0 Å². The fraction of sp³-hybridized carbons (Fsp3) is 0.611. The molecule has 0 aliphatic carbocycles. The van der Waals surface area contributed by atoms with Crippen LogP contribution in [0, 0.1) is 0 Å². The predicted octanol–water partition coefficient (Wildman–Crippen LogP) is 3.80. The number of carbonyl (C=O) groups is 1. The molecule has 2 N–H and O–H groups in total. The summed E-state index contributed by atoms with van der Waals surface area (Å²) >= 11 is 1.66. The molecule has 23 heavy (non-hydrogen) atoms. The molecule has 1 fully saturated rings. The van der Waals surface area contributed by atoms with Crippen LogP contribution in [0.2, 0.25) is 0 Å². The van der Waals surface area contributed by atoms with Gasteiger partial charge in [-0.3, -0.25) is 0 Å². The average molecular weight is 337 g/mol. The number of nitrogens with zero attached hydrogens (tertiary/aromatic N) is 1. The van der Waals surface area contributed by atoms with Crippen molar-refractivity contribution in [3.63, 3.8) is 0 Å². The quantitative estimate of drug-likeness (QED) is 0.339. The van der Waals surface area contributed by atoms with Crippen LogP contribution in [0.5, 0.6) is 0 Å². The maximum Gasteiger partial charge on any atom is 0.339 e. The van der Waals surface area contributed by atoms with Gasteiger partial charge in [-0.05, 0) is 62.7 Å². The molecule has 1 aliphatic heterocycles. The Morgan fingerprint density at radius 2 is 2.09 bits per heavy atom. The molecule has 4 nitrogen and oxygen atoms in total. The lowest BCUT2D eigenvalue weighted by Gasteiger charge is -2.26. The molecule has 1 aromatic carbocycles. The van der Waals surface area contributed by atoms with Crippen molar-refractivity contribution in [1.82, 2.24) is 4.90 Å². The van der Waals surface area contributed by atoms with Crippen LogP contribution in [0.25, 0.3) is 0 Å². The standard InChI is InChI=1S/C18H28N2O2S/c1-2-13-23-17-14-15(19)7-8-16(17)18(21)22-12-6-11-20-9-4-3-5-10-20/h7-8,14H,2-6,9-13,19H2,1H3. The Morgan fingerprint density at radius 1 is 1.30 bits per heavy atom. The number of rotatable bonds is 8. The first kappa shape index (κ1) is 18.1. The third-order valence-corrected chi connectivity index (χ3v) is 5.25. The topological polar surface area (TPSA) is 55.6 Å². The third-order valence-electron chi connectivity index (χ3n) is 3.99. The normalized spacial score (nSPS) is 15.5. The number of nitrogens with two attached hydrogens (primary N) is 1. The molecule has 0 atom stereocenters. The van der Waals surface area contributed by atoms with Crippen LogP contribution in [0.4, 0.5) is 5.69 Å². The van der Waals surface area contributed by atoms with E-state index in [9.17, 15) is 4.79 Å². The number of benzene rings is 1. The number of thioether (sulfide) groups is 1. The van der Waals surface area contributed by atoms with Crippen molar-refractivity contribution in [1.29, 1.82) is 0 Å². The van der Waals surface area contributed by atoms with Gasteiger partial charge < -0.3 is 15.4 Å². The van der Waals surface area contributed by atoms with Crippen LogP contribution >= 0.6 is 11.8 Å². The number of likely N-dealkylation sites (tertiary alicyclic amines) is 1. The Kier molecular flexibility index (Phi) is 7.76. The second-order valence-corrected chi connectivity index (χ2v) is 7.13. The molecule has 1 aliphatic rings. The van der Waals surface area contributed by atoms with E-state index >= 15 is 0 Å². The Bertz CT molecular complexity index is 502. The second-order valence-electron chi connectivity index (χ2n) is 6.00. The fourth-order valence-electron chi connectivity index (χ4n) is 2.75. The van der Waals surface area contributed by atoms with Crippen molar-refractivity contribution in [3.05, 3.63) is 23.8 Å². The minimum absolute atomic E-state index is 0.234. The van der Waals surface area contributed by atoms with Gasteiger partial charge in [-0.25, -0.2) is 4.79 Å². The van der Waals surface area contributed by atoms with Gasteiger partial charge in [-0.15, -0.1) is 11.8 Å². The second kappa shape index (κ2) is 9.83. The van der Waals surface area contributed by atoms with Gasteiger partial charge in [0.1, 0.15) is 0 Å². The Balaban J connectivity index is 1.80. The van der Waals surface area contributed by atoms with Gasteiger partial charge in [0.15, 0.2) is 0 Å². The zero-order chi connectivity index (χ0) is 16.5. The van der Waals surface area contributed by atoms with E-state index in [0.717, 1.165) is 30.0 Å². The fourth-order valence-corrected chi connectivity index (χ4v) is 3.70. The first-order chi connectivity index (χ1) is 11.2. The number of ether oxygens (including phenoxy) is 1. The van der Waals surface area contributed by atoms with Crippen molar-refractivity contribution in [2.75, 3.05) is 37.7 Å². The monoisotopic (exact) mass is 336 g/mol. The van der Waals surface area contributed by atoms with Crippen molar-refractivity contribution in [2.24, 2.45) is 0 Å². The number of piperidine rings is 1. The van der Waals surface area contributed by atoms with E-state index in [2.05, 4.69) is 11.8 Å². The van der Waals surface area contributed by atoms with Crippen LogP contribution in [0.15, 0.2) is 23.1 Å². The molecule has 5 heteroatoms. The van der Waals surface area contributed by atoms with Crippen molar-refractivity contribution in [3.8, 4) is 0 Å². The maximum atomic E-state index is 12.3.